The van der Waals surface area contributed by atoms with Gasteiger partial charge in [-0.05, 0) is 36.8 Å². The predicted octanol–water partition coefficient (Wildman–Crippen LogP) is 1.96. The van der Waals surface area contributed by atoms with E-state index >= 15 is 0 Å². The number of nitrogens with one attached hydrogen (secondary N) is 1. The molecule has 0 fully saturated rings. The standard InChI is InChI=1S/C18H18FNO5/c1-18(22,12-6-7-15-16(8-12)25-11-24-15)10-20-17(21)9-23-14-5-3-2-4-13(14)19/h2-8,22H,9-11H2,1H3,(H,20,21)/t18-/m0/s1. The van der Waals surface area contributed by atoms with E-state index in [1.54, 1.807) is 31.2 Å². The van der Waals surface area contributed by atoms with Crippen molar-refractivity contribution < 1.29 is 28.5 Å². The molecule has 3 rings (SSSR count). The highest BCUT2D eigenvalue weighted by Gasteiger charge is 2.26. The van der Waals surface area contributed by atoms with Gasteiger partial charge in [-0.15, -0.1) is 0 Å². The number of amides is 1. The van der Waals surface area contributed by atoms with E-state index in [1.807, 2.05) is 0 Å². The Labute approximate surface area is 144 Å². The van der Waals surface area contributed by atoms with Gasteiger partial charge in [0.1, 0.15) is 5.60 Å². The fraction of sp³-hybridized carbons (Fsp3) is 0.278. The second-order valence-electron chi connectivity index (χ2n) is 5.84. The van der Waals surface area contributed by atoms with E-state index in [0.717, 1.165) is 0 Å². The molecule has 0 radical (unpaired) electrons. The fourth-order valence-corrected chi connectivity index (χ4v) is 2.36. The molecule has 2 N–H and O–H groups in total. The van der Waals surface area contributed by atoms with Crippen LogP contribution in [0.3, 0.4) is 0 Å². The summed E-state index contributed by atoms with van der Waals surface area (Å²) in [5.41, 5.74) is -0.735. The third-order valence-electron chi connectivity index (χ3n) is 3.82. The first-order valence-electron chi connectivity index (χ1n) is 7.72. The quantitative estimate of drug-likeness (QED) is 0.835. The number of rotatable bonds is 6. The molecule has 0 unspecified atom stereocenters. The summed E-state index contributed by atoms with van der Waals surface area (Å²) >= 11 is 0. The summed E-state index contributed by atoms with van der Waals surface area (Å²) in [5.74, 6) is 0.154. The lowest BCUT2D eigenvalue weighted by Gasteiger charge is -2.24. The van der Waals surface area contributed by atoms with Crippen molar-refractivity contribution in [2.24, 2.45) is 0 Å². The normalized spacial score (nSPS) is 14.7. The monoisotopic (exact) mass is 347 g/mol. The number of benzene rings is 2. The molecule has 0 spiro atoms. The number of halogens is 1. The Morgan fingerprint density at radius 2 is 2.04 bits per heavy atom. The second-order valence-corrected chi connectivity index (χ2v) is 5.84. The van der Waals surface area contributed by atoms with Gasteiger partial charge >= 0.3 is 0 Å². The Morgan fingerprint density at radius 1 is 1.28 bits per heavy atom. The van der Waals surface area contributed by atoms with E-state index in [1.165, 1.54) is 18.2 Å². The van der Waals surface area contributed by atoms with Gasteiger partial charge in [0.2, 0.25) is 6.79 Å². The van der Waals surface area contributed by atoms with E-state index < -0.39 is 17.3 Å². The van der Waals surface area contributed by atoms with Crippen LogP contribution < -0.4 is 19.5 Å². The van der Waals surface area contributed by atoms with Crippen molar-refractivity contribution in [1.29, 1.82) is 0 Å². The van der Waals surface area contributed by atoms with E-state index in [2.05, 4.69) is 5.32 Å². The number of aliphatic hydroxyl groups is 1. The Morgan fingerprint density at radius 3 is 2.84 bits per heavy atom. The van der Waals surface area contributed by atoms with Crippen LogP contribution in [0.5, 0.6) is 17.2 Å². The molecule has 0 saturated carbocycles. The Balaban J connectivity index is 1.54. The molecule has 2 aromatic carbocycles. The van der Waals surface area contributed by atoms with Gasteiger partial charge in [-0.3, -0.25) is 4.79 Å². The third-order valence-corrected chi connectivity index (χ3v) is 3.82. The highest BCUT2D eigenvalue weighted by Crippen LogP contribution is 2.35. The van der Waals surface area contributed by atoms with Gasteiger partial charge in [-0.2, -0.15) is 0 Å². The molecule has 6 nitrogen and oxygen atoms in total. The van der Waals surface area contributed by atoms with Gasteiger partial charge in [-0.1, -0.05) is 18.2 Å². The summed E-state index contributed by atoms with van der Waals surface area (Å²) in [6, 6.07) is 10.9. The van der Waals surface area contributed by atoms with Crippen LogP contribution in [0.4, 0.5) is 4.39 Å². The van der Waals surface area contributed by atoms with Crippen LogP contribution in [-0.2, 0) is 10.4 Å². The van der Waals surface area contributed by atoms with Gasteiger partial charge in [0.15, 0.2) is 29.7 Å². The molecule has 2 aromatic rings. The Kier molecular flexibility index (Phi) is 4.76. The molecular formula is C18H18FNO5. The van der Waals surface area contributed by atoms with Crippen molar-refractivity contribution in [2.45, 2.75) is 12.5 Å². The zero-order valence-corrected chi connectivity index (χ0v) is 13.6. The van der Waals surface area contributed by atoms with Crippen LogP contribution in [0, 0.1) is 5.82 Å². The van der Waals surface area contributed by atoms with Crippen molar-refractivity contribution in [3.63, 3.8) is 0 Å². The van der Waals surface area contributed by atoms with Crippen LogP contribution in [-0.4, -0.2) is 31.0 Å². The average Bonchev–Trinajstić information content (AvgIpc) is 3.07. The smallest absolute Gasteiger partial charge is 0.258 e. The van der Waals surface area contributed by atoms with E-state index in [4.69, 9.17) is 14.2 Å². The van der Waals surface area contributed by atoms with Gasteiger partial charge < -0.3 is 24.6 Å². The van der Waals surface area contributed by atoms with Gasteiger partial charge in [-0.25, -0.2) is 4.39 Å². The molecular weight excluding hydrogens is 329 g/mol. The third kappa shape index (κ3) is 4.00. The van der Waals surface area contributed by atoms with Crippen molar-refractivity contribution in [1.82, 2.24) is 5.32 Å². The van der Waals surface area contributed by atoms with Crippen LogP contribution in [0.1, 0.15) is 12.5 Å². The maximum atomic E-state index is 13.4. The summed E-state index contributed by atoms with van der Waals surface area (Å²) < 4.78 is 29.1. The predicted molar refractivity (Wildman–Crippen MR) is 87.0 cm³/mol. The molecule has 7 heteroatoms. The highest BCUT2D eigenvalue weighted by atomic mass is 19.1. The summed E-state index contributed by atoms with van der Waals surface area (Å²) in [6.45, 7) is 1.33. The van der Waals surface area contributed by atoms with Gasteiger partial charge in [0.05, 0.1) is 6.54 Å². The molecule has 0 aromatic heterocycles. The zero-order chi connectivity index (χ0) is 17.9. The van der Waals surface area contributed by atoms with Crippen LogP contribution in [0.2, 0.25) is 0 Å². The van der Waals surface area contributed by atoms with Crippen molar-refractivity contribution in [3.8, 4) is 17.2 Å². The average molecular weight is 347 g/mol. The first-order chi connectivity index (χ1) is 12.0. The number of fused-ring (bicyclic) bond motifs is 1. The lowest BCUT2D eigenvalue weighted by atomic mass is 9.95. The zero-order valence-electron chi connectivity index (χ0n) is 13.6. The Bertz CT molecular complexity index is 778. The fourth-order valence-electron chi connectivity index (χ4n) is 2.36. The first-order valence-corrected chi connectivity index (χ1v) is 7.72. The Hall–Kier alpha value is -2.80. The number of hydrogen-bond donors (Lipinski definition) is 2. The summed E-state index contributed by atoms with van der Waals surface area (Å²) in [7, 11) is 0. The topological polar surface area (TPSA) is 77.0 Å². The number of carbonyl (C=O) groups excluding carboxylic acids is 1. The minimum absolute atomic E-state index is 0.000168. The van der Waals surface area contributed by atoms with E-state index in [0.29, 0.717) is 17.1 Å². The molecule has 1 aliphatic rings. The van der Waals surface area contributed by atoms with Gasteiger partial charge in [0, 0.05) is 0 Å². The first kappa shape index (κ1) is 17.0. The maximum absolute atomic E-state index is 13.4. The van der Waals surface area contributed by atoms with Crippen LogP contribution in [0.25, 0.3) is 0 Å². The van der Waals surface area contributed by atoms with Crippen LogP contribution in [0.15, 0.2) is 42.5 Å². The lowest BCUT2D eigenvalue weighted by molar-refractivity contribution is -0.124. The molecule has 1 heterocycles. The largest absolute Gasteiger partial charge is 0.481 e. The molecule has 132 valence electrons. The van der Waals surface area contributed by atoms with Gasteiger partial charge in [0.25, 0.3) is 5.91 Å². The summed E-state index contributed by atoms with van der Waals surface area (Å²) in [4.78, 5) is 11.9. The molecule has 1 aliphatic heterocycles. The SMILES string of the molecule is C[C@](O)(CNC(=O)COc1ccccc1F)c1ccc2c(c1)OCO2. The molecule has 1 atom stereocenters. The summed E-state index contributed by atoms with van der Waals surface area (Å²) in [5, 5.41) is 13.2. The number of carbonyl (C=O) groups is 1. The molecule has 0 bridgehead atoms. The van der Waals surface area contributed by atoms with E-state index in [9.17, 15) is 14.3 Å². The minimum atomic E-state index is -1.31. The molecule has 25 heavy (non-hydrogen) atoms. The van der Waals surface area contributed by atoms with E-state index in [-0.39, 0.29) is 25.7 Å². The van der Waals surface area contributed by atoms with Crippen molar-refractivity contribution in [2.75, 3.05) is 19.9 Å². The molecule has 1 amide bonds. The molecule has 0 aliphatic carbocycles. The minimum Gasteiger partial charge on any atom is -0.481 e. The highest BCUT2D eigenvalue weighted by molar-refractivity contribution is 5.77. The van der Waals surface area contributed by atoms with Crippen molar-refractivity contribution >= 4 is 5.91 Å². The van der Waals surface area contributed by atoms with Crippen LogP contribution >= 0.6 is 0 Å². The summed E-state index contributed by atoms with van der Waals surface area (Å²) in [6.07, 6.45) is 0. The molecule has 0 saturated heterocycles. The number of para-hydroxylation sites is 1. The second kappa shape index (κ2) is 6.98. The van der Waals surface area contributed by atoms with Crippen molar-refractivity contribution in [3.05, 3.63) is 53.8 Å². The lowest BCUT2D eigenvalue weighted by Crippen LogP contribution is -2.40. The maximum Gasteiger partial charge on any atom is 0.258 e. The number of hydrogen-bond acceptors (Lipinski definition) is 5. The number of ether oxygens (including phenoxy) is 3.